The maximum absolute atomic E-state index is 8.97. The lowest BCUT2D eigenvalue weighted by molar-refractivity contribution is 0.0511. The van der Waals surface area contributed by atoms with Crippen LogP contribution in [-0.4, -0.2) is 41.7 Å². The van der Waals surface area contributed by atoms with E-state index in [9.17, 15) is 0 Å². The second-order valence-electron chi connectivity index (χ2n) is 3.20. The smallest absolute Gasteiger partial charge is 0.0521 e. The van der Waals surface area contributed by atoms with Crippen LogP contribution in [0.2, 0.25) is 0 Å². The van der Waals surface area contributed by atoms with E-state index in [2.05, 4.69) is 0 Å². The molecule has 0 aromatic rings. The van der Waals surface area contributed by atoms with Crippen LogP contribution < -0.4 is 5.73 Å². The van der Waals surface area contributed by atoms with E-state index in [1.807, 2.05) is 0 Å². The van der Waals surface area contributed by atoms with Gasteiger partial charge in [0.15, 0.2) is 0 Å². The zero-order valence-corrected chi connectivity index (χ0v) is 7.37. The second-order valence-corrected chi connectivity index (χ2v) is 3.20. The molecule has 0 spiro atoms. The molecule has 74 valence electrons. The highest BCUT2D eigenvalue weighted by Gasteiger charge is 2.25. The van der Waals surface area contributed by atoms with Crippen LogP contribution in [0, 0.1) is 5.41 Å². The molecule has 0 saturated carbocycles. The molecule has 0 fully saturated rings. The Hall–Kier alpha value is -0.160. The Bertz CT molecular complexity index is 96.2. The molecule has 12 heavy (non-hydrogen) atoms. The number of rotatable bonds is 7. The van der Waals surface area contributed by atoms with Crippen LogP contribution in [0.15, 0.2) is 0 Å². The average Bonchev–Trinajstić information content (AvgIpc) is 2.14. The Balaban J connectivity index is 3.76. The minimum atomic E-state index is -0.546. The fourth-order valence-electron chi connectivity index (χ4n) is 1.05. The fourth-order valence-corrected chi connectivity index (χ4v) is 1.05. The van der Waals surface area contributed by atoms with E-state index in [1.165, 1.54) is 0 Å². The Labute approximate surface area is 73.0 Å². The van der Waals surface area contributed by atoms with Gasteiger partial charge in [-0.25, -0.2) is 0 Å². The lowest BCUT2D eigenvalue weighted by Gasteiger charge is -2.27. The Morgan fingerprint density at radius 2 is 1.58 bits per heavy atom. The third kappa shape index (κ3) is 3.49. The van der Waals surface area contributed by atoms with Gasteiger partial charge in [0.1, 0.15) is 0 Å². The van der Waals surface area contributed by atoms with E-state index in [4.69, 9.17) is 21.1 Å². The maximum atomic E-state index is 8.97. The van der Waals surface area contributed by atoms with Crippen molar-refractivity contribution in [3.63, 3.8) is 0 Å². The van der Waals surface area contributed by atoms with Crippen molar-refractivity contribution < 1.29 is 15.3 Å². The van der Waals surface area contributed by atoms with Gasteiger partial charge in [0.25, 0.3) is 0 Å². The number of aliphatic hydroxyl groups excluding tert-OH is 3. The van der Waals surface area contributed by atoms with Gasteiger partial charge in [-0.1, -0.05) is 6.42 Å². The summed E-state index contributed by atoms with van der Waals surface area (Å²) in [4.78, 5) is 0. The van der Waals surface area contributed by atoms with E-state index in [-0.39, 0.29) is 26.4 Å². The van der Waals surface area contributed by atoms with E-state index in [0.29, 0.717) is 12.8 Å². The SMILES string of the molecule is NCC(CO)(CO)CCCCO. The van der Waals surface area contributed by atoms with Crippen LogP contribution in [0.5, 0.6) is 0 Å². The Kier molecular flexibility index (Phi) is 6.28. The zero-order valence-electron chi connectivity index (χ0n) is 7.37. The minimum absolute atomic E-state index is 0.0918. The first kappa shape index (κ1) is 11.8. The molecule has 0 aliphatic rings. The summed E-state index contributed by atoms with van der Waals surface area (Å²) in [5.74, 6) is 0. The molecule has 0 unspecified atom stereocenters. The molecule has 0 amide bonds. The number of hydrogen-bond donors (Lipinski definition) is 4. The molecule has 0 aromatic carbocycles. The highest BCUT2D eigenvalue weighted by molar-refractivity contribution is 4.78. The molecule has 0 saturated heterocycles. The van der Waals surface area contributed by atoms with Crippen molar-refractivity contribution in [1.82, 2.24) is 0 Å². The predicted octanol–water partition coefficient (Wildman–Crippen LogP) is -0.921. The quantitative estimate of drug-likeness (QED) is 0.379. The van der Waals surface area contributed by atoms with Gasteiger partial charge in [-0.2, -0.15) is 0 Å². The van der Waals surface area contributed by atoms with Gasteiger partial charge in [-0.3, -0.25) is 0 Å². The first-order valence-corrected chi connectivity index (χ1v) is 4.27. The molecule has 4 heteroatoms. The van der Waals surface area contributed by atoms with Crippen molar-refractivity contribution in [3.8, 4) is 0 Å². The van der Waals surface area contributed by atoms with Crippen LogP contribution in [0.4, 0.5) is 0 Å². The minimum Gasteiger partial charge on any atom is -0.396 e. The van der Waals surface area contributed by atoms with Gasteiger partial charge < -0.3 is 21.1 Å². The highest BCUT2D eigenvalue weighted by Crippen LogP contribution is 2.21. The normalized spacial score (nSPS) is 12.0. The van der Waals surface area contributed by atoms with Crippen LogP contribution in [0.25, 0.3) is 0 Å². The van der Waals surface area contributed by atoms with E-state index in [1.54, 1.807) is 0 Å². The van der Waals surface area contributed by atoms with Crippen molar-refractivity contribution in [1.29, 1.82) is 0 Å². The summed E-state index contributed by atoms with van der Waals surface area (Å²) in [6.07, 6.45) is 2.15. The Morgan fingerprint density at radius 3 is 1.92 bits per heavy atom. The summed E-state index contributed by atoms with van der Waals surface area (Å²) >= 11 is 0. The number of hydrogen-bond acceptors (Lipinski definition) is 4. The molecule has 0 aliphatic heterocycles. The van der Waals surface area contributed by atoms with E-state index >= 15 is 0 Å². The van der Waals surface area contributed by atoms with E-state index < -0.39 is 5.41 Å². The van der Waals surface area contributed by atoms with Gasteiger partial charge in [0.2, 0.25) is 0 Å². The number of aliphatic hydroxyl groups is 3. The molecule has 5 N–H and O–H groups in total. The monoisotopic (exact) mass is 177 g/mol. The van der Waals surface area contributed by atoms with Crippen LogP contribution in [0.3, 0.4) is 0 Å². The maximum Gasteiger partial charge on any atom is 0.0521 e. The van der Waals surface area contributed by atoms with Crippen molar-refractivity contribution >= 4 is 0 Å². The fraction of sp³-hybridized carbons (Fsp3) is 1.00. The molecule has 0 aliphatic carbocycles. The van der Waals surface area contributed by atoms with Gasteiger partial charge in [-0.15, -0.1) is 0 Å². The molecule has 0 atom stereocenters. The largest absolute Gasteiger partial charge is 0.396 e. The summed E-state index contributed by atoms with van der Waals surface area (Å²) in [6, 6.07) is 0. The van der Waals surface area contributed by atoms with Gasteiger partial charge in [0, 0.05) is 18.6 Å². The number of unbranched alkanes of at least 4 members (excludes halogenated alkanes) is 1. The van der Waals surface area contributed by atoms with Crippen molar-refractivity contribution in [2.45, 2.75) is 19.3 Å². The molecule has 0 heterocycles. The van der Waals surface area contributed by atoms with E-state index in [0.717, 1.165) is 6.42 Å². The van der Waals surface area contributed by atoms with Gasteiger partial charge in [-0.05, 0) is 12.8 Å². The zero-order chi connectivity index (χ0) is 9.45. The van der Waals surface area contributed by atoms with Crippen molar-refractivity contribution in [3.05, 3.63) is 0 Å². The third-order valence-corrected chi connectivity index (χ3v) is 2.22. The highest BCUT2D eigenvalue weighted by atomic mass is 16.3. The van der Waals surface area contributed by atoms with Crippen LogP contribution in [0.1, 0.15) is 19.3 Å². The van der Waals surface area contributed by atoms with Gasteiger partial charge in [0.05, 0.1) is 13.2 Å². The average molecular weight is 177 g/mol. The van der Waals surface area contributed by atoms with Crippen LogP contribution in [-0.2, 0) is 0 Å². The third-order valence-electron chi connectivity index (χ3n) is 2.22. The predicted molar refractivity (Wildman–Crippen MR) is 46.6 cm³/mol. The lowest BCUT2D eigenvalue weighted by atomic mass is 9.84. The lowest BCUT2D eigenvalue weighted by Crippen LogP contribution is -2.37. The molecule has 0 rings (SSSR count). The molecular formula is C8H19NO3. The molecule has 4 nitrogen and oxygen atoms in total. The Morgan fingerprint density at radius 1 is 1.00 bits per heavy atom. The van der Waals surface area contributed by atoms with Crippen molar-refractivity contribution in [2.75, 3.05) is 26.4 Å². The summed E-state index contributed by atoms with van der Waals surface area (Å²) in [5, 5.41) is 26.5. The summed E-state index contributed by atoms with van der Waals surface area (Å²) in [7, 11) is 0. The summed E-state index contributed by atoms with van der Waals surface area (Å²) < 4.78 is 0. The van der Waals surface area contributed by atoms with Crippen molar-refractivity contribution in [2.24, 2.45) is 11.1 Å². The number of nitrogens with two attached hydrogens (primary N) is 1. The topological polar surface area (TPSA) is 86.7 Å². The standard InChI is InChI=1S/C8H19NO3/c9-5-8(6-11,7-12)3-1-2-4-10/h10-12H,1-7,9H2. The molecule has 0 aromatic heterocycles. The van der Waals surface area contributed by atoms with Crippen LogP contribution >= 0.6 is 0 Å². The summed E-state index contributed by atoms with van der Waals surface area (Å²) in [6.45, 7) is 0.250. The molecular weight excluding hydrogens is 158 g/mol. The summed E-state index contributed by atoms with van der Waals surface area (Å²) in [5.41, 5.74) is 4.88. The second kappa shape index (κ2) is 6.37. The van der Waals surface area contributed by atoms with Gasteiger partial charge >= 0.3 is 0 Å². The molecule has 0 bridgehead atoms. The first-order chi connectivity index (χ1) is 5.74. The first-order valence-electron chi connectivity index (χ1n) is 4.27. The molecule has 0 radical (unpaired) electrons.